The summed E-state index contributed by atoms with van der Waals surface area (Å²) in [6.45, 7) is 0.884. The van der Waals surface area contributed by atoms with Gasteiger partial charge >= 0.3 is 0 Å². The number of benzene rings is 2. The molecule has 0 atom stereocenters. The molecule has 0 aliphatic carbocycles. The Hall–Kier alpha value is -1.87. The van der Waals surface area contributed by atoms with E-state index in [0.717, 1.165) is 27.9 Å². The van der Waals surface area contributed by atoms with Crippen LogP contribution in [0, 0.1) is 0 Å². The van der Waals surface area contributed by atoms with Crippen molar-refractivity contribution in [3.63, 3.8) is 0 Å². The average Bonchev–Trinajstić information content (AvgIpc) is 2.80. The summed E-state index contributed by atoms with van der Waals surface area (Å²) < 4.78 is 3.36. The Morgan fingerprint density at radius 2 is 1.95 bits per heavy atom. The number of aromatic nitrogens is 2. The highest BCUT2D eigenvalue weighted by molar-refractivity contribution is 9.10. The van der Waals surface area contributed by atoms with E-state index in [1.54, 1.807) is 0 Å². The summed E-state index contributed by atoms with van der Waals surface area (Å²) in [5, 5.41) is 0. The number of rotatable bonds is 1. The lowest BCUT2D eigenvalue weighted by Crippen LogP contribution is -2.02. The normalized spacial score (nSPS) is 13.1. The van der Waals surface area contributed by atoms with Gasteiger partial charge in [-0.25, -0.2) is 4.98 Å². The van der Waals surface area contributed by atoms with E-state index in [9.17, 15) is 0 Å². The van der Waals surface area contributed by atoms with Crippen molar-refractivity contribution in [1.29, 1.82) is 0 Å². The zero-order chi connectivity index (χ0) is 12.8. The second kappa shape index (κ2) is 4.07. The van der Waals surface area contributed by atoms with Crippen molar-refractivity contribution in [2.24, 2.45) is 0 Å². The molecule has 0 N–H and O–H groups in total. The van der Waals surface area contributed by atoms with Crippen LogP contribution in [0.3, 0.4) is 0 Å². The minimum absolute atomic E-state index is 0.884. The van der Waals surface area contributed by atoms with Crippen LogP contribution in [0.1, 0.15) is 5.56 Å². The maximum atomic E-state index is 4.81. The van der Waals surface area contributed by atoms with Gasteiger partial charge in [-0.3, -0.25) is 0 Å². The van der Waals surface area contributed by atoms with Gasteiger partial charge in [-0.2, -0.15) is 0 Å². The topological polar surface area (TPSA) is 17.8 Å². The lowest BCUT2D eigenvalue weighted by molar-refractivity contribution is 0.855. The predicted octanol–water partition coefficient (Wildman–Crippen LogP) is 4.49. The van der Waals surface area contributed by atoms with E-state index >= 15 is 0 Å². The van der Waals surface area contributed by atoms with Crippen LogP contribution < -0.4 is 0 Å². The molecular formula is C16H11BrN2. The number of hydrogen-bond acceptors (Lipinski definition) is 1. The van der Waals surface area contributed by atoms with E-state index in [2.05, 4.69) is 69.0 Å². The minimum Gasteiger partial charge on any atom is -0.320 e. The van der Waals surface area contributed by atoms with Crippen LogP contribution in [0.25, 0.3) is 28.5 Å². The predicted molar refractivity (Wildman–Crippen MR) is 81.9 cm³/mol. The zero-order valence-electron chi connectivity index (χ0n) is 10.2. The monoisotopic (exact) mass is 310 g/mol. The Morgan fingerprint density at radius 3 is 2.79 bits per heavy atom. The molecule has 0 unspecified atom stereocenters. The highest BCUT2D eigenvalue weighted by Crippen LogP contribution is 2.32. The molecular weight excluding hydrogens is 300 g/mol. The summed E-state index contributed by atoms with van der Waals surface area (Å²) in [4.78, 5) is 4.81. The number of allylic oxidation sites excluding steroid dienone is 1. The van der Waals surface area contributed by atoms with E-state index in [1.165, 1.54) is 11.1 Å². The van der Waals surface area contributed by atoms with Crippen molar-refractivity contribution < 1.29 is 0 Å². The molecule has 2 nitrogen and oxygen atoms in total. The molecule has 1 aliphatic rings. The molecule has 0 radical (unpaired) electrons. The Morgan fingerprint density at radius 1 is 1.11 bits per heavy atom. The maximum Gasteiger partial charge on any atom is 0.141 e. The Labute approximate surface area is 119 Å². The van der Waals surface area contributed by atoms with Crippen LogP contribution in [-0.2, 0) is 6.54 Å². The molecule has 92 valence electrons. The third kappa shape index (κ3) is 1.65. The van der Waals surface area contributed by atoms with Gasteiger partial charge in [0, 0.05) is 22.1 Å². The van der Waals surface area contributed by atoms with Crippen molar-refractivity contribution >= 4 is 33.0 Å². The summed E-state index contributed by atoms with van der Waals surface area (Å²) >= 11 is 3.56. The number of hydrogen-bond donors (Lipinski definition) is 0. The Kier molecular flexibility index (Phi) is 2.35. The zero-order valence-corrected chi connectivity index (χ0v) is 11.8. The summed E-state index contributed by atoms with van der Waals surface area (Å²) in [5.74, 6) is 1.04. The molecule has 19 heavy (non-hydrogen) atoms. The van der Waals surface area contributed by atoms with Gasteiger partial charge in [0.2, 0.25) is 0 Å². The second-order valence-corrected chi connectivity index (χ2v) is 5.59. The maximum absolute atomic E-state index is 4.81. The molecule has 3 heteroatoms. The van der Waals surface area contributed by atoms with Gasteiger partial charge in [0.25, 0.3) is 0 Å². The third-order valence-electron chi connectivity index (χ3n) is 3.45. The van der Waals surface area contributed by atoms with Crippen LogP contribution >= 0.6 is 15.9 Å². The largest absolute Gasteiger partial charge is 0.320 e. The molecule has 0 saturated carbocycles. The highest BCUT2D eigenvalue weighted by Gasteiger charge is 2.16. The third-order valence-corrected chi connectivity index (χ3v) is 3.91. The van der Waals surface area contributed by atoms with Gasteiger partial charge < -0.3 is 4.57 Å². The van der Waals surface area contributed by atoms with Gasteiger partial charge in [-0.05, 0) is 12.1 Å². The summed E-state index contributed by atoms with van der Waals surface area (Å²) in [6, 6.07) is 14.6. The molecule has 4 rings (SSSR count). The van der Waals surface area contributed by atoms with Gasteiger partial charge in [0.1, 0.15) is 5.82 Å². The van der Waals surface area contributed by atoms with Gasteiger partial charge in [0.05, 0.1) is 11.0 Å². The molecule has 1 aliphatic heterocycles. The fraction of sp³-hybridized carbons (Fsp3) is 0.0625. The van der Waals surface area contributed by atoms with Crippen molar-refractivity contribution in [2.75, 3.05) is 0 Å². The van der Waals surface area contributed by atoms with Crippen molar-refractivity contribution in [3.05, 3.63) is 58.6 Å². The van der Waals surface area contributed by atoms with E-state index in [4.69, 9.17) is 4.98 Å². The van der Waals surface area contributed by atoms with Crippen LogP contribution in [0.15, 0.2) is 53.0 Å². The van der Waals surface area contributed by atoms with Crippen LogP contribution in [0.2, 0.25) is 0 Å². The van der Waals surface area contributed by atoms with E-state index in [1.807, 2.05) is 6.07 Å². The van der Waals surface area contributed by atoms with Crippen molar-refractivity contribution in [3.8, 4) is 11.4 Å². The van der Waals surface area contributed by atoms with Gasteiger partial charge in [-0.1, -0.05) is 58.4 Å². The van der Waals surface area contributed by atoms with Crippen LogP contribution in [0.4, 0.5) is 0 Å². The Bertz CT molecular complexity index is 800. The molecule has 3 aromatic rings. The van der Waals surface area contributed by atoms with Crippen molar-refractivity contribution in [1.82, 2.24) is 9.55 Å². The fourth-order valence-corrected chi connectivity index (χ4v) is 3.13. The Balaban J connectivity index is 2.08. The second-order valence-electron chi connectivity index (χ2n) is 4.68. The van der Waals surface area contributed by atoms with E-state index < -0.39 is 0 Å². The lowest BCUT2D eigenvalue weighted by atomic mass is 10.1. The number of nitrogens with zero attached hydrogens (tertiary/aromatic N) is 2. The average molecular weight is 311 g/mol. The summed E-state index contributed by atoms with van der Waals surface area (Å²) in [5.41, 5.74) is 4.67. The van der Waals surface area contributed by atoms with E-state index in [0.29, 0.717) is 0 Å². The highest BCUT2D eigenvalue weighted by atomic mass is 79.9. The fourth-order valence-electron chi connectivity index (χ4n) is 2.66. The van der Waals surface area contributed by atoms with Crippen LogP contribution in [-0.4, -0.2) is 9.55 Å². The summed E-state index contributed by atoms with van der Waals surface area (Å²) in [6.07, 6.45) is 4.35. The number of imidazole rings is 1. The summed E-state index contributed by atoms with van der Waals surface area (Å²) in [7, 11) is 0. The number of halogens is 1. The van der Waals surface area contributed by atoms with Gasteiger partial charge in [0.15, 0.2) is 0 Å². The smallest absolute Gasteiger partial charge is 0.141 e. The molecule has 0 bridgehead atoms. The first-order valence-electron chi connectivity index (χ1n) is 6.25. The molecule has 0 amide bonds. The van der Waals surface area contributed by atoms with E-state index in [-0.39, 0.29) is 0 Å². The first-order chi connectivity index (χ1) is 9.33. The van der Waals surface area contributed by atoms with Crippen LogP contribution in [0.5, 0.6) is 0 Å². The SMILES string of the molecule is Brc1cc2c3c(c1)nc(-c1ccccc1)n3CC=C2. The first kappa shape index (κ1) is 11.0. The molecule has 1 aromatic heterocycles. The minimum atomic E-state index is 0.884. The molecule has 0 fully saturated rings. The molecule has 2 heterocycles. The molecule has 0 spiro atoms. The molecule has 2 aromatic carbocycles. The molecule has 0 saturated heterocycles. The lowest BCUT2D eigenvalue weighted by Gasteiger charge is -2.12. The van der Waals surface area contributed by atoms with Crippen molar-refractivity contribution in [2.45, 2.75) is 6.54 Å². The standard InChI is InChI=1S/C16H11BrN2/c17-13-9-12-7-4-8-19-15(12)14(10-13)18-16(19)11-5-2-1-3-6-11/h1-7,9-10H,8H2. The quantitative estimate of drug-likeness (QED) is 0.647. The van der Waals surface area contributed by atoms with Gasteiger partial charge in [-0.15, -0.1) is 0 Å². The first-order valence-corrected chi connectivity index (χ1v) is 7.04.